The van der Waals surface area contributed by atoms with E-state index in [1.807, 2.05) is 0 Å². The van der Waals surface area contributed by atoms with Crippen LogP contribution in [0, 0.1) is 0 Å². The normalized spacial score (nSPS) is 11.9. The van der Waals surface area contributed by atoms with Crippen LogP contribution in [0.3, 0.4) is 0 Å². The van der Waals surface area contributed by atoms with Crippen LogP contribution < -0.4 is 5.73 Å². The minimum atomic E-state index is -2.93. The van der Waals surface area contributed by atoms with Crippen LogP contribution in [0.5, 0.6) is 0 Å². The Kier molecular flexibility index (Phi) is 11.8. The zero-order valence-corrected chi connectivity index (χ0v) is 12.5. The van der Waals surface area contributed by atoms with E-state index in [0.29, 0.717) is 18.9 Å². The zero-order valence-electron chi connectivity index (χ0n) is 11.7. The van der Waals surface area contributed by atoms with Gasteiger partial charge in [0.05, 0.1) is 24.7 Å². The topological polar surface area (TPSA) is 69.4 Å². The quantitative estimate of drug-likeness (QED) is 0.524. The lowest BCUT2D eigenvalue weighted by molar-refractivity contribution is 0.157. The molecule has 0 aromatic heterocycles. The minimum Gasteiger partial charge on any atom is -0.379 e. The van der Waals surface area contributed by atoms with Crippen LogP contribution in [0.4, 0.5) is 0 Å². The monoisotopic (exact) mass is 279 g/mol. The second kappa shape index (κ2) is 11.9. The fourth-order valence-corrected chi connectivity index (χ4v) is 2.97. The first-order valence-electron chi connectivity index (χ1n) is 7.10. The Morgan fingerprint density at radius 3 is 2.11 bits per heavy atom. The van der Waals surface area contributed by atoms with Crippen molar-refractivity contribution in [2.75, 3.05) is 31.3 Å². The molecule has 4 nitrogen and oxygen atoms in total. The van der Waals surface area contributed by atoms with Gasteiger partial charge in [-0.25, -0.2) is 8.42 Å². The summed E-state index contributed by atoms with van der Waals surface area (Å²) in [5.41, 5.74) is 5.25. The molecule has 0 heterocycles. The summed E-state index contributed by atoms with van der Waals surface area (Å²) < 4.78 is 28.3. The molecule has 0 aromatic carbocycles. The molecule has 0 atom stereocenters. The van der Waals surface area contributed by atoms with Gasteiger partial charge in [-0.15, -0.1) is 0 Å². The Balaban J connectivity index is 3.41. The van der Waals surface area contributed by atoms with Crippen molar-refractivity contribution >= 4 is 9.84 Å². The van der Waals surface area contributed by atoms with Crippen molar-refractivity contribution < 1.29 is 13.2 Å². The highest BCUT2D eigenvalue weighted by atomic mass is 32.2. The Hall–Kier alpha value is -0.130. The summed E-state index contributed by atoms with van der Waals surface area (Å²) in [6.45, 7) is 3.35. The van der Waals surface area contributed by atoms with Crippen LogP contribution in [0.1, 0.15) is 51.9 Å². The highest BCUT2D eigenvalue weighted by molar-refractivity contribution is 7.91. The van der Waals surface area contributed by atoms with Crippen LogP contribution in [-0.4, -0.2) is 39.7 Å². The highest BCUT2D eigenvalue weighted by Gasteiger charge is 2.09. The van der Waals surface area contributed by atoms with Gasteiger partial charge in [0, 0.05) is 6.54 Å². The molecule has 2 N–H and O–H groups in total. The van der Waals surface area contributed by atoms with Crippen molar-refractivity contribution in [1.29, 1.82) is 0 Å². The van der Waals surface area contributed by atoms with Gasteiger partial charge in [0.1, 0.15) is 0 Å². The Morgan fingerprint density at radius 2 is 1.50 bits per heavy atom. The van der Waals surface area contributed by atoms with Crippen LogP contribution in [0.25, 0.3) is 0 Å². The van der Waals surface area contributed by atoms with Gasteiger partial charge >= 0.3 is 0 Å². The van der Waals surface area contributed by atoms with Crippen LogP contribution in [-0.2, 0) is 14.6 Å². The van der Waals surface area contributed by atoms with Crippen molar-refractivity contribution in [2.24, 2.45) is 5.73 Å². The molecular weight excluding hydrogens is 250 g/mol. The van der Waals surface area contributed by atoms with E-state index in [0.717, 1.165) is 19.3 Å². The molecule has 0 rings (SSSR count). The molecule has 0 aromatic rings. The van der Waals surface area contributed by atoms with Crippen LogP contribution in [0.15, 0.2) is 0 Å². The fourth-order valence-electron chi connectivity index (χ4n) is 1.75. The zero-order chi connectivity index (χ0) is 13.7. The Labute approximate surface area is 112 Å². The maximum atomic E-state index is 11.6. The smallest absolute Gasteiger partial charge is 0.152 e. The summed E-state index contributed by atoms with van der Waals surface area (Å²) in [7, 11) is -2.93. The van der Waals surface area contributed by atoms with E-state index >= 15 is 0 Å². The van der Waals surface area contributed by atoms with Crippen molar-refractivity contribution in [1.82, 2.24) is 0 Å². The summed E-state index contributed by atoms with van der Waals surface area (Å²) in [6, 6.07) is 0. The fraction of sp³-hybridized carbons (Fsp3) is 1.00. The third-order valence-electron chi connectivity index (χ3n) is 2.86. The van der Waals surface area contributed by atoms with Gasteiger partial charge in [-0.1, -0.05) is 45.4 Å². The van der Waals surface area contributed by atoms with Crippen molar-refractivity contribution in [3.63, 3.8) is 0 Å². The van der Waals surface area contributed by atoms with Gasteiger partial charge in [-0.05, 0) is 6.42 Å². The summed E-state index contributed by atoms with van der Waals surface area (Å²) >= 11 is 0. The lowest BCUT2D eigenvalue weighted by Gasteiger charge is -2.05. The van der Waals surface area contributed by atoms with Gasteiger partial charge in [-0.2, -0.15) is 0 Å². The summed E-state index contributed by atoms with van der Waals surface area (Å²) in [5.74, 6) is 0.426. The van der Waals surface area contributed by atoms with E-state index in [9.17, 15) is 8.42 Å². The lowest BCUT2D eigenvalue weighted by atomic mass is 10.1. The van der Waals surface area contributed by atoms with E-state index in [1.54, 1.807) is 0 Å². The predicted molar refractivity (Wildman–Crippen MR) is 76.5 cm³/mol. The molecule has 110 valence electrons. The molecule has 0 aliphatic heterocycles. The molecule has 0 saturated heterocycles. The number of unbranched alkanes of at least 4 members (excludes halogenated alkanes) is 6. The van der Waals surface area contributed by atoms with E-state index in [-0.39, 0.29) is 12.4 Å². The second-order valence-corrected chi connectivity index (χ2v) is 6.98. The van der Waals surface area contributed by atoms with E-state index < -0.39 is 9.84 Å². The lowest BCUT2D eigenvalue weighted by Crippen LogP contribution is -2.18. The molecule has 0 fully saturated rings. The standard InChI is InChI=1S/C13H29NO3S/c1-2-3-4-5-6-7-8-12-18(15,16)13-11-17-10-9-14/h2-14H2,1H3. The molecule has 0 bridgehead atoms. The molecule has 0 radical (unpaired) electrons. The van der Waals surface area contributed by atoms with Gasteiger partial charge in [0.2, 0.25) is 0 Å². The van der Waals surface area contributed by atoms with E-state index in [4.69, 9.17) is 10.5 Å². The summed E-state index contributed by atoms with van der Waals surface area (Å²) in [5, 5.41) is 0. The highest BCUT2D eigenvalue weighted by Crippen LogP contribution is 2.08. The van der Waals surface area contributed by atoms with Crippen LogP contribution >= 0.6 is 0 Å². The third kappa shape index (κ3) is 12.3. The maximum Gasteiger partial charge on any atom is 0.152 e. The van der Waals surface area contributed by atoms with Gasteiger partial charge in [0.25, 0.3) is 0 Å². The first-order chi connectivity index (χ1) is 8.62. The number of ether oxygens (including phenoxy) is 1. The van der Waals surface area contributed by atoms with Gasteiger partial charge < -0.3 is 10.5 Å². The number of rotatable bonds is 13. The second-order valence-electron chi connectivity index (χ2n) is 4.67. The molecule has 0 saturated carbocycles. The molecule has 0 aliphatic carbocycles. The summed E-state index contributed by atoms with van der Waals surface area (Å²) in [4.78, 5) is 0. The van der Waals surface area contributed by atoms with Crippen molar-refractivity contribution in [3.05, 3.63) is 0 Å². The van der Waals surface area contributed by atoms with Crippen molar-refractivity contribution in [3.8, 4) is 0 Å². The molecule has 0 unspecified atom stereocenters. The molecule has 5 heteroatoms. The molecule has 0 aliphatic rings. The van der Waals surface area contributed by atoms with Crippen molar-refractivity contribution in [2.45, 2.75) is 51.9 Å². The largest absolute Gasteiger partial charge is 0.379 e. The van der Waals surface area contributed by atoms with E-state index in [2.05, 4.69) is 6.92 Å². The average molecular weight is 279 g/mol. The van der Waals surface area contributed by atoms with Gasteiger partial charge in [-0.3, -0.25) is 0 Å². The molecular formula is C13H29NO3S. The van der Waals surface area contributed by atoms with E-state index in [1.165, 1.54) is 25.7 Å². The minimum absolute atomic E-state index is 0.128. The number of sulfone groups is 1. The van der Waals surface area contributed by atoms with Gasteiger partial charge in [0.15, 0.2) is 9.84 Å². The average Bonchev–Trinajstić information content (AvgIpc) is 2.34. The first kappa shape index (κ1) is 17.9. The SMILES string of the molecule is CCCCCCCCCS(=O)(=O)CCOCCN. The molecule has 0 amide bonds. The first-order valence-corrected chi connectivity index (χ1v) is 8.92. The number of hydrogen-bond acceptors (Lipinski definition) is 4. The molecule has 18 heavy (non-hydrogen) atoms. The Bertz CT molecular complexity index is 265. The summed E-state index contributed by atoms with van der Waals surface area (Å²) in [6.07, 6.45) is 7.99. The predicted octanol–water partition coefficient (Wildman–Crippen LogP) is 2.13. The third-order valence-corrected chi connectivity index (χ3v) is 4.56. The number of nitrogens with two attached hydrogens (primary N) is 1. The molecule has 0 spiro atoms. The van der Waals surface area contributed by atoms with Crippen LogP contribution in [0.2, 0.25) is 0 Å². The maximum absolute atomic E-state index is 11.6. The Morgan fingerprint density at radius 1 is 0.889 bits per heavy atom. The number of hydrogen-bond donors (Lipinski definition) is 1.